The zero-order valence-corrected chi connectivity index (χ0v) is 35.3. The summed E-state index contributed by atoms with van der Waals surface area (Å²) < 4.78 is 0. The van der Waals surface area contributed by atoms with Gasteiger partial charge in [-0.15, -0.1) is 0 Å². The SMILES string of the molecule is c1ccc(N(c2ccccc2)c2ccc(C3(c4ccc(N(c5ccccc5)c5ccccc5)cc4)c4ccccc4C4(c5ccccc5)c5ccccc5-c5cccc3c54)cc2)cc1. The predicted octanol–water partition coefficient (Wildman–Crippen LogP) is 15.7. The van der Waals surface area contributed by atoms with Gasteiger partial charge >= 0.3 is 0 Å². The van der Waals surface area contributed by atoms with Crippen molar-refractivity contribution in [3.8, 4) is 11.1 Å². The molecule has 2 heteroatoms. The Hall–Kier alpha value is -8.20. The molecule has 2 aliphatic rings. The Balaban J connectivity index is 1.14. The van der Waals surface area contributed by atoms with E-state index in [4.69, 9.17) is 0 Å². The molecule has 64 heavy (non-hydrogen) atoms. The van der Waals surface area contributed by atoms with Crippen LogP contribution >= 0.6 is 0 Å². The molecule has 0 spiro atoms. The van der Waals surface area contributed by atoms with Gasteiger partial charge in [-0.3, -0.25) is 0 Å². The van der Waals surface area contributed by atoms with E-state index in [2.05, 4.69) is 277 Å². The third-order valence-electron chi connectivity index (χ3n) is 13.6. The summed E-state index contributed by atoms with van der Waals surface area (Å²) in [4.78, 5) is 4.69. The van der Waals surface area contributed by atoms with Crippen LogP contribution in [0.25, 0.3) is 11.1 Å². The second-order valence-corrected chi connectivity index (χ2v) is 16.8. The van der Waals surface area contributed by atoms with Gasteiger partial charge in [0.2, 0.25) is 0 Å². The Morgan fingerprint density at radius 2 is 0.516 bits per heavy atom. The summed E-state index contributed by atoms with van der Waals surface area (Å²) in [5.41, 5.74) is 18.3. The zero-order valence-electron chi connectivity index (χ0n) is 35.3. The molecule has 10 aromatic carbocycles. The molecule has 1 atom stereocenters. The molecule has 302 valence electrons. The first kappa shape index (κ1) is 37.6. The second-order valence-electron chi connectivity index (χ2n) is 16.8. The zero-order chi connectivity index (χ0) is 42.5. The van der Waals surface area contributed by atoms with E-state index in [0.29, 0.717) is 0 Å². The lowest BCUT2D eigenvalue weighted by Crippen LogP contribution is -2.44. The number of para-hydroxylation sites is 4. The van der Waals surface area contributed by atoms with Crippen molar-refractivity contribution in [2.45, 2.75) is 10.8 Å². The molecule has 1 unspecified atom stereocenters. The molecule has 12 rings (SSSR count). The second kappa shape index (κ2) is 15.3. The summed E-state index contributed by atoms with van der Waals surface area (Å²) in [6.45, 7) is 0. The van der Waals surface area contributed by atoms with E-state index < -0.39 is 10.8 Å². The van der Waals surface area contributed by atoms with Crippen molar-refractivity contribution in [2.24, 2.45) is 0 Å². The molecule has 0 aliphatic heterocycles. The van der Waals surface area contributed by atoms with Gasteiger partial charge in [0, 0.05) is 34.1 Å². The van der Waals surface area contributed by atoms with Crippen molar-refractivity contribution in [3.05, 3.63) is 311 Å². The molecule has 0 N–H and O–H groups in total. The van der Waals surface area contributed by atoms with Crippen LogP contribution in [-0.2, 0) is 10.8 Å². The van der Waals surface area contributed by atoms with Crippen molar-refractivity contribution in [1.29, 1.82) is 0 Å². The lowest BCUT2D eigenvalue weighted by atomic mass is 9.52. The van der Waals surface area contributed by atoms with Gasteiger partial charge in [0.15, 0.2) is 0 Å². The number of benzene rings is 10. The Morgan fingerprint density at radius 3 is 0.969 bits per heavy atom. The highest BCUT2D eigenvalue weighted by Gasteiger charge is 2.57. The Labute approximate surface area is 375 Å². The first-order valence-electron chi connectivity index (χ1n) is 22.2. The van der Waals surface area contributed by atoms with Crippen LogP contribution in [0.5, 0.6) is 0 Å². The highest BCUT2D eigenvalue weighted by molar-refractivity contribution is 5.92. The van der Waals surface area contributed by atoms with Crippen LogP contribution in [0.3, 0.4) is 0 Å². The Bertz CT molecular complexity index is 3030. The normalized spacial score (nSPS) is 15.1. The Morgan fingerprint density at radius 1 is 0.203 bits per heavy atom. The van der Waals surface area contributed by atoms with Gasteiger partial charge in [-0.05, 0) is 128 Å². The molecule has 0 radical (unpaired) electrons. The highest BCUT2D eigenvalue weighted by atomic mass is 15.1. The standard InChI is InChI=1S/C62H44N2/c1-6-21-45(22-7-1)62-56-33-17-16-31-54(56)55-32-20-36-59(60(55)62)61(57-34-18-19-35-58(57)62,46-37-41-52(42-38-46)63(48-23-8-2-9-24-48)49-25-10-3-11-26-49)47-39-43-53(44-40-47)64(50-27-12-4-13-28-50)51-29-14-5-15-30-51/h1-44H. The molecular formula is C62H44N2. The fraction of sp³-hybridized carbons (Fsp3) is 0.0323. The van der Waals surface area contributed by atoms with Gasteiger partial charge in [0.25, 0.3) is 0 Å². The average Bonchev–Trinajstić information content (AvgIpc) is 3.69. The molecule has 2 aliphatic carbocycles. The lowest BCUT2D eigenvalue weighted by Gasteiger charge is -2.49. The van der Waals surface area contributed by atoms with Crippen molar-refractivity contribution in [3.63, 3.8) is 0 Å². The molecule has 0 bridgehead atoms. The van der Waals surface area contributed by atoms with E-state index in [1.807, 2.05) is 0 Å². The van der Waals surface area contributed by atoms with Crippen LogP contribution in [0.15, 0.2) is 267 Å². The van der Waals surface area contributed by atoms with Crippen molar-refractivity contribution in [2.75, 3.05) is 9.80 Å². The first-order valence-corrected chi connectivity index (χ1v) is 22.2. The van der Waals surface area contributed by atoms with Crippen molar-refractivity contribution in [1.82, 2.24) is 0 Å². The molecule has 0 aromatic heterocycles. The number of rotatable bonds is 9. The third-order valence-corrected chi connectivity index (χ3v) is 13.6. The van der Waals surface area contributed by atoms with Gasteiger partial charge in [-0.25, -0.2) is 0 Å². The Kier molecular flexibility index (Phi) is 8.98. The maximum atomic E-state index is 2.42. The highest BCUT2D eigenvalue weighted by Crippen LogP contribution is 2.66. The average molecular weight is 817 g/mol. The smallest absolute Gasteiger partial charge is 0.0720 e. The molecule has 2 nitrogen and oxygen atoms in total. The largest absolute Gasteiger partial charge is 0.311 e. The van der Waals surface area contributed by atoms with E-state index in [9.17, 15) is 0 Å². The minimum absolute atomic E-state index is 0.515. The molecule has 0 fully saturated rings. The molecule has 0 heterocycles. The van der Waals surface area contributed by atoms with Crippen LogP contribution in [0.4, 0.5) is 34.1 Å². The fourth-order valence-electron chi connectivity index (χ4n) is 11.1. The monoisotopic (exact) mass is 816 g/mol. The van der Waals surface area contributed by atoms with Crippen LogP contribution < -0.4 is 9.80 Å². The quantitative estimate of drug-likeness (QED) is 0.143. The van der Waals surface area contributed by atoms with Crippen LogP contribution in [0.1, 0.15) is 44.5 Å². The van der Waals surface area contributed by atoms with Crippen molar-refractivity contribution >= 4 is 34.1 Å². The van der Waals surface area contributed by atoms with Crippen LogP contribution in [0.2, 0.25) is 0 Å². The minimum atomic E-state index is -0.687. The van der Waals surface area contributed by atoms with Gasteiger partial charge in [0.05, 0.1) is 10.8 Å². The summed E-state index contributed by atoms with van der Waals surface area (Å²) in [6.07, 6.45) is 0. The molecule has 0 saturated heterocycles. The molecule has 10 aromatic rings. The summed E-state index contributed by atoms with van der Waals surface area (Å²) in [5, 5.41) is 0. The number of nitrogens with zero attached hydrogens (tertiary/aromatic N) is 2. The molecule has 0 saturated carbocycles. The van der Waals surface area contributed by atoms with Crippen LogP contribution in [0, 0.1) is 0 Å². The molecule has 0 amide bonds. The van der Waals surface area contributed by atoms with Gasteiger partial charge in [-0.2, -0.15) is 0 Å². The third kappa shape index (κ3) is 5.59. The lowest BCUT2D eigenvalue weighted by molar-refractivity contribution is 0.627. The summed E-state index contributed by atoms with van der Waals surface area (Å²) in [5.74, 6) is 0. The maximum absolute atomic E-state index is 2.42. The van der Waals surface area contributed by atoms with Gasteiger partial charge < -0.3 is 9.80 Å². The summed E-state index contributed by atoms with van der Waals surface area (Å²) in [6, 6.07) is 98.1. The van der Waals surface area contributed by atoms with Gasteiger partial charge in [0.1, 0.15) is 0 Å². The van der Waals surface area contributed by atoms with E-state index in [1.165, 1.54) is 55.6 Å². The van der Waals surface area contributed by atoms with E-state index in [0.717, 1.165) is 34.1 Å². The van der Waals surface area contributed by atoms with E-state index in [-0.39, 0.29) is 0 Å². The maximum Gasteiger partial charge on any atom is 0.0720 e. The minimum Gasteiger partial charge on any atom is -0.311 e. The predicted molar refractivity (Wildman–Crippen MR) is 265 cm³/mol. The summed E-state index contributed by atoms with van der Waals surface area (Å²) >= 11 is 0. The van der Waals surface area contributed by atoms with E-state index >= 15 is 0 Å². The van der Waals surface area contributed by atoms with Gasteiger partial charge in [-0.1, -0.05) is 194 Å². The van der Waals surface area contributed by atoms with E-state index in [1.54, 1.807) is 0 Å². The number of fused-ring (bicyclic) bond motifs is 5. The van der Waals surface area contributed by atoms with Crippen molar-refractivity contribution < 1.29 is 0 Å². The fourth-order valence-corrected chi connectivity index (χ4v) is 11.1. The molecular weight excluding hydrogens is 773 g/mol. The number of anilines is 6. The van der Waals surface area contributed by atoms with Crippen LogP contribution in [-0.4, -0.2) is 0 Å². The first-order chi connectivity index (χ1) is 31.8. The topological polar surface area (TPSA) is 6.48 Å². The summed E-state index contributed by atoms with van der Waals surface area (Å²) in [7, 11) is 0. The number of hydrogen-bond donors (Lipinski definition) is 0. The number of hydrogen-bond acceptors (Lipinski definition) is 2.